The summed E-state index contributed by atoms with van der Waals surface area (Å²) < 4.78 is 26.5. The highest BCUT2D eigenvalue weighted by Crippen LogP contribution is 2.49. The average Bonchev–Trinajstić information content (AvgIpc) is 2.84. The molecule has 4 rings (SSSR count). The summed E-state index contributed by atoms with van der Waals surface area (Å²) >= 11 is 3.68. The van der Waals surface area contributed by atoms with Gasteiger partial charge in [0.05, 0.1) is 5.30 Å². The Morgan fingerprint density at radius 3 is 1.94 bits per heavy atom. The predicted octanol–water partition coefficient (Wildman–Crippen LogP) is 5.10. The van der Waals surface area contributed by atoms with Gasteiger partial charge in [-0.3, -0.25) is 4.79 Å². The molecule has 34 heavy (non-hydrogen) atoms. The minimum absolute atomic E-state index is 0.144. The van der Waals surface area contributed by atoms with Crippen molar-refractivity contribution in [3.05, 3.63) is 95.5 Å². The Morgan fingerprint density at radius 2 is 1.38 bits per heavy atom. The van der Waals surface area contributed by atoms with Crippen LogP contribution in [0.25, 0.3) is 10.8 Å². The Kier molecular flexibility index (Phi) is 7.01. The van der Waals surface area contributed by atoms with Gasteiger partial charge in [0.2, 0.25) is 0 Å². The highest BCUT2D eigenvalue weighted by molar-refractivity contribution is 9.11. The first-order valence-corrected chi connectivity index (χ1v) is 13.1. The third-order valence-electron chi connectivity index (χ3n) is 5.36. The van der Waals surface area contributed by atoms with Crippen LogP contribution in [0.2, 0.25) is 0 Å². The Bertz CT molecular complexity index is 1360. The van der Waals surface area contributed by atoms with Gasteiger partial charge in [0.1, 0.15) is 5.75 Å². The standard InChI is InChI=1S/C27H22BrO5P/c1-18(32-19(2)29)27(30)33-24-17-20-11-9-10-16-23(20)25(28)26(24)34(31,21-12-5-3-6-13-21)22-14-7-4-8-15-22/h3-18H,1-2H3/t18-/m0/s1. The number of ether oxygens (including phenoxy) is 2. The molecule has 1 atom stereocenters. The molecule has 0 aliphatic heterocycles. The van der Waals surface area contributed by atoms with E-state index in [9.17, 15) is 9.59 Å². The molecule has 0 saturated heterocycles. The number of halogens is 1. The maximum absolute atomic E-state index is 15.1. The van der Waals surface area contributed by atoms with E-state index >= 15 is 4.57 Å². The SMILES string of the molecule is CC(=O)O[C@@H](C)C(=O)Oc1cc2ccccc2c(Br)c1P(=O)(c1ccccc1)c1ccccc1. The van der Waals surface area contributed by atoms with E-state index in [1.807, 2.05) is 84.9 Å². The molecule has 0 unspecified atom stereocenters. The van der Waals surface area contributed by atoms with Gasteiger partial charge >= 0.3 is 11.9 Å². The maximum Gasteiger partial charge on any atom is 0.352 e. The molecule has 7 heteroatoms. The lowest BCUT2D eigenvalue weighted by atomic mass is 10.1. The van der Waals surface area contributed by atoms with Crippen molar-refractivity contribution in [1.82, 2.24) is 0 Å². The average molecular weight is 537 g/mol. The molecule has 172 valence electrons. The zero-order valence-electron chi connectivity index (χ0n) is 18.6. The fourth-order valence-corrected chi connectivity index (χ4v) is 7.93. The molecule has 0 bridgehead atoms. The Balaban J connectivity index is 2.01. The number of carbonyl (C=O) groups excluding carboxylic acids is 2. The van der Waals surface area contributed by atoms with Crippen molar-refractivity contribution in [2.24, 2.45) is 0 Å². The minimum Gasteiger partial charge on any atom is -0.451 e. The summed E-state index contributed by atoms with van der Waals surface area (Å²) in [5, 5.41) is 3.20. The van der Waals surface area contributed by atoms with E-state index in [-0.39, 0.29) is 5.75 Å². The molecule has 0 aliphatic carbocycles. The summed E-state index contributed by atoms with van der Waals surface area (Å²) in [6, 6.07) is 27.5. The Morgan fingerprint density at radius 1 is 0.853 bits per heavy atom. The molecule has 0 fully saturated rings. The van der Waals surface area contributed by atoms with Crippen molar-refractivity contribution in [3.63, 3.8) is 0 Å². The molecule has 5 nitrogen and oxygen atoms in total. The van der Waals surface area contributed by atoms with E-state index in [1.54, 1.807) is 6.07 Å². The Hall–Kier alpha value is -3.21. The van der Waals surface area contributed by atoms with E-state index in [4.69, 9.17) is 9.47 Å². The molecule has 4 aromatic rings. The lowest BCUT2D eigenvalue weighted by Crippen LogP contribution is -2.32. The van der Waals surface area contributed by atoms with E-state index in [0.717, 1.165) is 10.8 Å². The summed E-state index contributed by atoms with van der Waals surface area (Å²) in [5.41, 5.74) is 0. The lowest BCUT2D eigenvalue weighted by Gasteiger charge is -2.25. The van der Waals surface area contributed by atoms with Crippen LogP contribution in [0.1, 0.15) is 13.8 Å². The van der Waals surface area contributed by atoms with Gasteiger partial charge in [-0.25, -0.2) is 4.79 Å². The normalized spacial score (nSPS) is 12.2. The van der Waals surface area contributed by atoms with Crippen molar-refractivity contribution in [3.8, 4) is 5.75 Å². The third kappa shape index (κ3) is 4.56. The van der Waals surface area contributed by atoms with E-state index < -0.39 is 25.2 Å². The van der Waals surface area contributed by atoms with Crippen molar-refractivity contribution in [2.75, 3.05) is 0 Å². The number of carbonyl (C=O) groups is 2. The van der Waals surface area contributed by atoms with Crippen LogP contribution in [-0.2, 0) is 18.9 Å². The van der Waals surface area contributed by atoms with Crippen molar-refractivity contribution in [2.45, 2.75) is 20.0 Å². The molecule has 0 spiro atoms. The summed E-state index contributed by atoms with van der Waals surface area (Å²) in [6.07, 6.45) is -1.12. The van der Waals surface area contributed by atoms with Gasteiger partial charge in [-0.1, -0.05) is 84.9 Å². The summed E-state index contributed by atoms with van der Waals surface area (Å²) in [5.74, 6) is -1.21. The zero-order chi connectivity index (χ0) is 24.3. The number of benzene rings is 4. The second-order valence-corrected chi connectivity index (χ2v) is 11.2. The first-order chi connectivity index (χ1) is 16.3. The number of fused-ring (bicyclic) bond motifs is 1. The lowest BCUT2D eigenvalue weighted by molar-refractivity contribution is -0.159. The summed E-state index contributed by atoms with van der Waals surface area (Å²) in [6.45, 7) is 2.66. The van der Waals surface area contributed by atoms with Crippen LogP contribution < -0.4 is 20.7 Å². The van der Waals surface area contributed by atoms with Crippen LogP contribution >= 0.6 is 23.1 Å². The van der Waals surface area contributed by atoms with Gasteiger partial charge in [0.15, 0.2) is 13.2 Å². The fourth-order valence-electron chi connectivity index (χ4n) is 3.81. The number of rotatable bonds is 6. The van der Waals surface area contributed by atoms with Crippen LogP contribution in [0.5, 0.6) is 5.75 Å². The van der Waals surface area contributed by atoms with Crippen molar-refractivity contribution in [1.29, 1.82) is 0 Å². The van der Waals surface area contributed by atoms with Gasteiger partial charge in [0.25, 0.3) is 0 Å². The first kappa shape index (κ1) is 23.9. The smallest absolute Gasteiger partial charge is 0.352 e. The quantitative estimate of drug-likeness (QED) is 0.195. The first-order valence-electron chi connectivity index (χ1n) is 10.6. The largest absolute Gasteiger partial charge is 0.451 e. The minimum atomic E-state index is -3.50. The second-order valence-electron chi connectivity index (χ2n) is 7.71. The maximum atomic E-state index is 15.1. The van der Waals surface area contributed by atoms with Crippen molar-refractivity contribution < 1.29 is 23.6 Å². The van der Waals surface area contributed by atoms with E-state index in [2.05, 4.69) is 15.9 Å². The van der Waals surface area contributed by atoms with Gasteiger partial charge in [-0.05, 0) is 39.7 Å². The van der Waals surface area contributed by atoms with Crippen LogP contribution in [0.4, 0.5) is 0 Å². The Labute approximate surface area is 206 Å². The molecule has 0 aliphatic rings. The summed E-state index contributed by atoms with van der Waals surface area (Å²) in [7, 11) is -3.50. The molecule has 0 aromatic heterocycles. The molecule has 0 radical (unpaired) electrons. The number of esters is 2. The molecule has 0 heterocycles. The zero-order valence-corrected chi connectivity index (χ0v) is 21.1. The second kappa shape index (κ2) is 9.96. The van der Waals surface area contributed by atoms with Gasteiger partial charge < -0.3 is 14.0 Å². The highest BCUT2D eigenvalue weighted by atomic mass is 79.9. The monoisotopic (exact) mass is 536 g/mol. The number of hydrogen-bond donors (Lipinski definition) is 0. The topological polar surface area (TPSA) is 69.7 Å². The van der Waals surface area contributed by atoms with Crippen LogP contribution in [0.15, 0.2) is 95.5 Å². The number of hydrogen-bond acceptors (Lipinski definition) is 5. The fraction of sp³-hybridized carbons (Fsp3) is 0.111. The molecule has 4 aromatic carbocycles. The van der Waals surface area contributed by atoms with E-state index in [0.29, 0.717) is 20.4 Å². The molecule has 0 N–H and O–H groups in total. The van der Waals surface area contributed by atoms with E-state index in [1.165, 1.54) is 13.8 Å². The third-order valence-corrected chi connectivity index (χ3v) is 9.62. The van der Waals surface area contributed by atoms with Crippen LogP contribution in [-0.4, -0.2) is 18.0 Å². The van der Waals surface area contributed by atoms with Crippen LogP contribution in [0.3, 0.4) is 0 Å². The van der Waals surface area contributed by atoms with Crippen molar-refractivity contribution >= 4 is 61.7 Å². The van der Waals surface area contributed by atoms with Crippen LogP contribution in [0, 0.1) is 0 Å². The van der Waals surface area contributed by atoms with Gasteiger partial charge in [0, 0.05) is 22.0 Å². The molecule has 0 saturated carbocycles. The predicted molar refractivity (Wildman–Crippen MR) is 138 cm³/mol. The molecular weight excluding hydrogens is 515 g/mol. The van der Waals surface area contributed by atoms with Gasteiger partial charge in [-0.15, -0.1) is 0 Å². The molecular formula is C27H22BrO5P. The van der Waals surface area contributed by atoms with Gasteiger partial charge in [-0.2, -0.15) is 0 Å². The molecule has 0 amide bonds. The highest BCUT2D eigenvalue weighted by Gasteiger charge is 2.36. The summed E-state index contributed by atoms with van der Waals surface area (Å²) in [4.78, 5) is 24.2.